The van der Waals surface area contributed by atoms with Gasteiger partial charge in [0, 0.05) is 13.0 Å². The zero-order valence-electron chi connectivity index (χ0n) is 15.4. The van der Waals surface area contributed by atoms with Gasteiger partial charge in [0.15, 0.2) is 8.32 Å². The number of ether oxygens (including phenoxy) is 1. The molecule has 0 saturated carbocycles. The van der Waals surface area contributed by atoms with Crippen LogP contribution in [0.15, 0.2) is 0 Å². The van der Waals surface area contributed by atoms with Crippen LogP contribution in [0.2, 0.25) is 16.6 Å². The van der Waals surface area contributed by atoms with Crippen molar-refractivity contribution in [2.45, 2.75) is 70.9 Å². The van der Waals surface area contributed by atoms with Gasteiger partial charge in [-0.3, -0.25) is 0 Å². The van der Waals surface area contributed by atoms with E-state index in [2.05, 4.69) is 51.9 Å². The van der Waals surface area contributed by atoms with Crippen molar-refractivity contribution in [2.24, 2.45) is 0 Å². The highest BCUT2D eigenvalue weighted by molar-refractivity contribution is 6.77. The number of aromatic nitrogens is 3. The molecular weight excluding hydrogens is 339 g/mol. The van der Waals surface area contributed by atoms with E-state index in [9.17, 15) is 13.2 Å². The van der Waals surface area contributed by atoms with Crippen LogP contribution < -0.4 is 4.74 Å². The zero-order valence-corrected chi connectivity index (χ0v) is 16.4. The number of halogens is 3. The van der Waals surface area contributed by atoms with Crippen LogP contribution in [0.25, 0.3) is 0 Å². The van der Waals surface area contributed by atoms with Gasteiger partial charge in [-0.2, -0.15) is 4.68 Å². The maximum atomic E-state index is 13.0. The Balaban J connectivity index is 2.99. The van der Waals surface area contributed by atoms with Gasteiger partial charge in [0.05, 0.1) is 7.11 Å². The van der Waals surface area contributed by atoms with Gasteiger partial charge in [-0.1, -0.05) is 51.9 Å². The first-order chi connectivity index (χ1) is 11.0. The Labute approximate surface area is 142 Å². The van der Waals surface area contributed by atoms with Gasteiger partial charge in [0.1, 0.15) is 5.69 Å². The quantitative estimate of drug-likeness (QED) is 0.635. The fourth-order valence-corrected chi connectivity index (χ4v) is 9.14. The van der Waals surface area contributed by atoms with E-state index in [0.717, 1.165) is 0 Å². The van der Waals surface area contributed by atoms with Crippen molar-refractivity contribution in [3.8, 4) is 5.88 Å². The van der Waals surface area contributed by atoms with Crippen molar-refractivity contribution < 1.29 is 22.3 Å². The van der Waals surface area contributed by atoms with Crippen LogP contribution in [-0.2, 0) is 17.1 Å². The molecule has 0 amide bonds. The third-order valence-electron chi connectivity index (χ3n) is 4.56. The van der Waals surface area contributed by atoms with Gasteiger partial charge < -0.3 is 9.16 Å². The Morgan fingerprint density at radius 1 is 1.04 bits per heavy atom. The Morgan fingerprint density at radius 3 is 1.92 bits per heavy atom. The van der Waals surface area contributed by atoms with E-state index in [0.29, 0.717) is 16.6 Å². The Morgan fingerprint density at radius 2 is 1.54 bits per heavy atom. The second-order valence-corrected chi connectivity index (χ2v) is 12.3. The number of methoxy groups -OCH3 is 1. The molecule has 0 aliphatic carbocycles. The molecule has 24 heavy (non-hydrogen) atoms. The van der Waals surface area contributed by atoms with Gasteiger partial charge in [-0.05, 0) is 16.6 Å². The predicted molar refractivity (Wildman–Crippen MR) is 88.6 cm³/mol. The zero-order chi connectivity index (χ0) is 18.7. The molecule has 5 nitrogen and oxygen atoms in total. The van der Waals surface area contributed by atoms with Crippen molar-refractivity contribution in [1.82, 2.24) is 15.0 Å². The van der Waals surface area contributed by atoms with Gasteiger partial charge in [0.2, 0.25) is 0 Å². The largest absolute Gasteiger partial charge is 0.506 e. The first-order valence-corrected chi connectivity index (χ1v) is 10.3. The minimum Gasteiger partial charge on any atom is -0.479 e. The van der Waals surface area contributed by atoms with Crippen LogP contribution in [0.3, 0.4) is 0 Å². The third-order valence-corrected chi connectivity index (χ3v) is 10.7. The molecule has 0 unspecified atom stereocenters. The van der Waals surface area contributed by atoms with Crippen LogP contribution in [0.5, 0.6) is 5.88 Å². The summed E-state index contributed by atoms with van der Waals surface area (Å²) in [6.45, 7) is 13.0. The van der Waals surface area contributed by atoms with E-state index in [-0.39, 0.29) is 29.3 Å². The Kier molecular flexibility index (Phi) is 6.86. The summed E-state index contributed by atoms with van der Waals surface area (Å²) in [4.78, 5) is 0. The molecule has 1 aromatic rings. The Bertz CT molecular complexity index is 509. The summed E-state index contributed by atoms with van der Waals surface area (Å²) in [6.07, 6.45) is -4.57. The molecule has 1 rings (SSSR count). The normalized spacial score (nSPS) is 13.4. The molecule has 0 spiro atoms. The summed E-state index contributed by atoms with van der Waals surface area (Å²) >= 11 is 0. The SMILES string of the molecule is COc1nnn(C(F)(F)F)c1CCO[Si](C(C)C)(C(C)C)C(C)C. The molecule has 0 N–H and O–H groups in total. The third kappa shape index (κ3) is 4.11. The summed E-state index contributed by atoms with van der Waals surface area (Å²) < 4.78 is 50.2. The lowest BCUT2D eigenvalue weighted by Crippen LogP contribution is -2.48. The smallest absolute Gasteiger partial charge is 0.479 e. The average Bonchev–Trinajstić information content (AvgIpc) is 2.85. The summed E-state index contributed by atoms with van der Waals surface area (Å²) in [7, 11) is -0.842. The summed E-state index contributed by atoms with van der Waals surface area (Å²) in [6, 6.07) is 0. The van der Waals surface area contributed by atoms with Crippen LogP contribution >= 0.6 is 0 Å². The fraction of sp³-hybridized carbons (Fsp3) is 0.867. The molecule has 9 heteroatoms. The van der Waals surface area contributed by atoms with Crippen molar-refractivity contribution >= 4 is 8.32 Å². The summed E-state index contributed by atoms with van der Waals surface area (Å²) in [5.41, 5.74) is 0.990. The van der Waals surface area contributed by atoms with Crippen molar-refractivity contribution in [3.63, 3.8) is 0 Å². The number of hydrogen-bond donors (Lipinski definition) is 0. The Hall–Kier alpha value is -1.09. The molecule has 0 fully saturated rings. The van der Waals surface area contributed by atoms with Gasteiger partial charge >= 0.3 is 6.30 Å². The van der Waals surface area contributed by atoms with Crippen molar-refractivity contribution in [3.05, 3.63) is 5.69 Å². The van der Waals surface area contributed by atoms with Crippen LogP contribution in [0, 0.1) is 0 Å². The summed E-state index contributed by atoms with van der Waals surface area (Å²) in [5.74, 6) is -0.109. The molecule has 0 atom stereocenters. The van der Waals surface area contributed by atoms with Crippen molar-refractivity contribution in [2.75, 3.05) is 13.7 Å². The highest BCUT2D eigenvalue weighted by atomic mass is 28.4. The van der Waals surface area contributed by atoms with Crippen LogP contribution in [-0.4, -0.2) is 37.0 Å². The molecule has 0 aromatic carbocycles. The first kappa shape index (κ1) is 21.0. The van der Waals surface area contributed by atoms with E-state index < -0.39 is 14.6 Å². The van der Waals surface area contributed by atoms with Crippen LogP contribution in [0.4, 0.5) is 13.2 Å². The standard InChI is InChI=1S/C15H28F3N3O2Si/c1-10(2)24(11(3)4,12(5)6)23-9-8-13-14(22-7)19-20-21(13)15(16,17)18/h10-12H,8-9H2,1-7H3. The highest BCUT2D eigenvalue weighted by Gasteiger charge is 2.45. The van der Waals surface area contributed by atoms with E-state index in [1.54, 1.807) is 0 Å². The topological polar surface area (TPSA) is 49.2 Å². The number of hydrogen-bond acceptors (Lipinski definition) is 4. The molecule has 140 valence electrons. The van der Waals surface area contributed by atoms with Gasteiger partial charge in [-0.25, -0.2) is 0 Å². The number of rotatable bonds is 8. The van der Waals surface area contributed by atoms with E-state index in [1.165, 1.54) is 7.11 Å². The lowest BCUT2D eigenvalue weighted by atomic mass is 10.3. The van der Waals surface area contributed by atoms with Crippen LogP contribution in [0.1, 0.15) is 47.2 Å². The molecule has 0 radical (unpaired) electrons. The van der Waals surface area contributed by atoms with Crippen molar-refractivity contribution in [1.29, 1.82) is 0 Å². The molecule has 0 aliphatic heterocycles. The molecule has 0 aliphatic rings. The number of nitrogens with zero attached hydrogens (tertiary/aromatic N) is 3. The van der Waals surface area contributed by atoms with Gasteiger partial charge in [0.25, 0.3) is 5.88 Å². The first-order valence-electron chi connectivity index (χ1n) is 8.18. The van der Waals surface area contributed by atoms with E-state index >= 15 is 0 Å². The average molecular weight is 367 g/mol. The maximum Gasteiger partial charge on any atom is 0.506 e. The highest BCUT2D eigenvalue weighted by Crippen LogP contribution is 2.42. The fourth-order valence-electron chi connectivity index (χ4n) is 3.69. The lowest BCUT2D eigenvalue weighted by molar-refractivity contribution is -0.214. The van der Waals surface area contributed by atoms with E-state index in [4.69, 9.17) is 9.16 Å². The molecule has 0 bridgehead atoms. The predicted octanol–water partition coefficient (Wildman–Crippen LogP) is 4.50. The molecule has 0 saturated heterocycles. The minimum absolute atomic E-state index is 0.0431. The maximum absolute atomic E-state index is 13.0. The lowest BCUT2D eigenvalue weighted by Gasteiger charge is -2.42. The summed E-state index contributed by atoms with van der Waals surface area (Å²) in [5, 5.41) is 6.60. The van der Waals surface area contributed by atoms with Gasteiger partial charge in [-0.15, -0.1) is 13.2 Å². The molecular formula is C15H28F3N3O2Si. The minimum atomic E-state index is -4.62. The number of alkyl halides is 3. The molecule has 1 aromatic heterocycles. The van der Waals surface area contributed by atoms with E-state index in [1.807, 2.05) is 0 Å². The monoisotopic (exact) mass is 367 g/mol. The second kappa shape index (κ2) is 7.86. The molecule has 1 heterocycles. The second-order valence-electron chi connectivity index (χ2n) is 6.84.